The van der Waals surface area contributed by atoms with Crippen molar-refractivity contribution in [1.82, 2.24) is 20.2 Å². The molecule has 18 heavy (non-hydrogen) atoms. The van der Waals surface area contributed by atoms with Crippen LogP contribution in [0.2, 0.25) is 0 Å². The number of hydrogen-bond donors (Lipinski definition) is 2. The van der Waals surface area contributed by atoms with E-state index in [1.165, 1.54) is 6.07 Å². The molecule has 0 aliphatic heterocycles. The number of H-pyrrole nitrogens is 1. The minimum Gasteiger partial charge on any atom is -0.477 e. The van der Waals surface area contributed by atoms with Gasteiger partial charge in [0.25, 0.3) is 0 Å². The van der Waals surface area contributed by atoms with Crippen LogP contribution in [0, 0.1) is 0 Å². The molecular formula is C9H5F3N4O2. The van der Waals surface area contributed by atoms with Crippen molar-refractivity contribution in [3.05, 3.63) is 30.0 Å². The Labute approximate surface area is 97.5 Å². The van der Waals surface area contributed by atoms with Gasteiger partial charge >= 0.3 is 12.1 Å². The molecule has 9 heteroatoms. The highest BCUT2D eigenvalue weighted by molar-refractivity contribution is 5.86. The molecule has 0 spiro atoms. The highest BCUT2D eigenvalue weighted by atomic mass is 19.4. The Bertz CT molecular complexity index is 576. The molecule has 2 aromatic heterocycles. The Morgan fingerprint density at radius 1 is 1.28 bits per heavy atom. The van der Waals surface area contributed by atoms with E-state index in [1.54, 1.807) is 0 Å². The molecule has 2 aromatic rings. The topological polar surface area (TPSA) is 91.8 Å². The van der Waals surface area contributed by atoms with Crippen LogP contribution in [0.4, 0.5) is 13.2 Å². The summed E-state index contributed by atoms with van der Waals surface area (Å²) in [6.07, 6.45) is -2.76. The maximum atomic E-state index is 12.2. The second-order valence-corrected chi connectivity index (χ2v) is 3.27. The highest BCUT2D eigenvalue weighted by Gasteiger charge is 2.34. The van der Waals surface area contributed by atoms with Crippen molar-refractivity contribution in [3.63, 3.8) is 0 Å². The zero-order valence-corrected chi connectivity index (χ0v) is 8.56. The van der Waals surface area contributed by atoms with E-state index >= 15 is 0 Å². The number of aromatic amines is 1. The summed E-state index contributed by atoms with van der Waals surface area (Å²) in [5.41, 5.74) is 0.165. The third-order valence-corrected chi connectivity index (χ3v) is 2.01. The first-order valence-corrected chi connectivity index (χ1v) is 4.56. The number of carbonyl (C=O) groups is 1. The van der Waals surface area contributed by atoms with Gasteiger partial charge in [0.1, 0.15) is 5.69 Å². The van der Waals surface area contributed by atoms with Gasteiger partial charge in [-0.1, -0.05) is 0 Å². The summed E-state index contributed by atoms with van der Waals surface area (Å²) >= 11 is 0. The van der Waals surface area contributed by atoms with E-state index in [4.69, 9.17) is 5.11 Å². The van der Waals surface area contributed by atoms with Crippen LogP contribution >= 0.6 is 0 Å². The van der Waals surface area contributed by atoms with Crippen LogP contribution in [-0.2, 0) is 6.18 Å². The van der Waals surface area contributed by atoms with Crippen molar-refractivity contribution in [2.24, 2.45) is 0 Å². The van der Waals surface area contributed by atoms with Crippen molar-refractivity contribution in [1.29, 1.82) is 0 Å². The Balaban J connectivity index is 2.31. The van der Waals surface area contributed by atoms with Crippen molar-refractivity contribution in [2.45, 2.75) is 6.18 Å². The predicted octanol–water partition coefficient (Wildman–Crippen LogP) is 1.58. The van der Waals surface area contributed by atoms with Crippen LogP contribution in [0.3, 0.4) is 0 Å². The van der Waals surface area contributed by atoms with E-state index in [-0.39, 0.29) is 17.0 Å². The number of carboxylic acids is 1. The molecule has 0 aliphatic carbocycles. The second kappa shape index (κ2) is 4.09. The van der Waals surface area contributed by atoms with Crippen LogP contribution in [0.1, 0.15) is 16.3 Å². The zero-order chi connectivity index (χ0) is 13.3. The van der Waals surface area contributed by atoms with Gasteiger partial charge in [0.15, 0.2) is 0 Å². The maximum Gasteiger partial charge on any atom is 0.451 e. The van der Waals surface area contributed by atoms with E-state index < -0.39 is 18.0 Å². The number of alkyl halides is 3. The Hall–Kier alpha value is -2.45. The van der Waals surface area contributed by atoms with Crippen LogP contribution < -0.4 is 0 Å². The molecule has 2 heterocycles. The fraction of sp³-hybridized carbons (Fsp3) is 0.111. The average molecular weight is 258 g/mol. The molecule has 0 unspecified atom stereocenters. The number of rotatable bonds is 2. The van der Waals surface area contributed by atoms with E-state index in [0.29, 0.717) is 0 Å². The lowest BCUT2D eigenvalue weighted by Crippen LogP contribution is -2.10. The van der Waals surface area contributed by atoms with E-state index in [1.807, 2.05) is 0 Å². The molecule has 0 amide bonds. The molecule has 0 saturated heterocycles. The summed E-state index contributed by atoms with van der Waals surface area (Å²) in [6, 6.07) is 1.17. The second-order valence-electron chi connectivity index (χ2n) is 3.27. The number of nitrogens with one attached hydrogen (secondary N) is 1. The fourth-order valence-corrected chi connectivity index (χ4v) is 1.19. The van der Waals surface area contributed by atoms with Crippen LogP contribution in [-0.4, -0.2) is 31.2 Å². The number of carboxylic acid groups (broad SMARTS) is 1. The lowest BCUT2D eigenvalue weighted by atomic mass is 10.2. The van der Waals surface area contributed by atoms with Gasteiger partial charge in [0, 0.05) is 18.0 Å². The Morgan fingerprint density at radius 2 is 1.89 bits per heavy atom. The van der Waals surface area contributed by atoms with Gasteiger partial charge in [-0.3, -0.25) is 5.10 Å². The third-order valence-electron chi connectivity index (χ3n) is 2.01. The molecule has 0 radical (unpaired) electrons. The van der Waals surface area contributed by atoms with Crippen LogP contribution in [0.5, 0.6) is 0 Å². The lowest BCUT2D eigenvalue weighted by Gasteiger charge is -2.03. The molecule has 0 fully saturated rings. The summed E-state index contributed by atoms with van der Waals surface area (Å²) in [7, 11) is 0. The quantitative estimate of drug-likeness (QED) is 0.853. The summed E-state index contributed by atoms with van der Waals surface area (Å²) in [4.78, 5) is 16.9. The van der Waals surface area contributed by atoms with Gasteiger partial charge in [0.05, 0.1) is 5.69 Å². The zero-order valence-electron chi connectivity index (χ0n) is 8.56. The number of hydrogen-bond acceptors (Lipinski definition) is 4. The van der Waals surface area contributed by atoms with Crippen molar-refractivity contribution in [2.75, 3.05) is 0 Å². The third kappa shape index (κ3) is 2.29. The normalized spacial score (nSPS) is 11.5. The monoisotopic (exact) mass is 258 g/mol. The number of nitrogens with zero attached hydrogens (tertiary/aromatic N) is 3. The Morgan fingerprint density at radius 3 is 2.33 bits per heavy atom. The summed E-state index contributed by atoms with van der Waals surface area (Å²) in [5, 5.41) is 14.5. The molecule has 0 aromatic carbocycles. The van der Waals surface area contributed by atoms with Crippen molar-refractivity contribution >= 4 is 5.97 Å². The molecule has 94 valence electrons. The predicted molar refractivity (Wildman–Crippen MR) is 51.6 cm³/mol. The first-order chi connectivity index (χ1) is 8.38. The molecular weight excluding hydrogens is 253 g/mol. The summed E-state index contributed by atoms with van der Waals surface area (Å²) in [5.74, 6) is -2.48. The Kier molecular flexibility index (Phi) is 2.73. The maximum absolute atomic E-state index is 12.2. The fourth-order valence-electron chi connectivity index (χ4n) is 1.19. The first-order valence-electron chi connectivity index (χ1n) is 4.56. The van der Waals surface area contributed by atoms with Crippen molar-refractivity contribution < 1.29 is 23.1 Å². The van der Waals surface area contributed by atoms with Gasteiger partial charge in [-0.25, -0.2) is 14.8 Å². The van der Waals surface area contributed by atoms with Gasteiger partial charge in [-0.15, -0.1) is 0 Å². The highest BCUT2D eigenvalue weighted by Crippen LogP contribution is 2.26. The van der Waals surface area contributed by atoms with Crippen LogP contribution in [0.25, 0.3) is 11.3 Å². The average Bonchev–Trinajstić information content (AvgIpc) is 2.77. The molecule has 2 rings (SSSR count). The SMILES string of the molecule is O=C(O)c1cc(-c2cnc(C(F)(F)F)nc2)n[nH]1. The molecule has 0 saturated carbocycles. The number of halogens is 3. The molecule has 2 N–H and O–H groups in total. The standard InChI is InChI=1S/C9H5F3N4O2/c10-9(11,12)8-13-2-4(3-14-8)5-1-6(7(17)18)16-15-5/h1-3H,(H,15,16)(H,17,18). The molecule has 0 aliphatic rings. The minimum atomic E-state index is -4.61. The van der Waals surface area contributed by atoms with Crippen molar-refractivity contribution in [3.8, 4) is 11.3 Å². The molecule has 6 nitrogen and oxygen atoms in total. The van der Waals surface area contributed by atoms with Gasteiger partial charge in [-0.05, 0) is 6.07 Å². The van der Waals surface area contributed by atoms with Gasteiger partial charge in [-0.2, -0.15) is 18.3 Å². The number of aromatic carboxylic acids is 1. The minimum absolute atomic E-state index is 0.154. The van der Waals surface area contributed by atoms with E-state index in [2.05, 4.69) is 20.2 Å². The molecule has 0 bridgehead atoms. The molecule has 0 atom stereocenters. The van der Waals surface area contributed by atoms with E-state index in [9.17, 15) is 18.0 Å². The smallest absolute Gasteiger partial charge is 0.451 e. The van der Waals surface area contributed by atoms with Gasteiger partial charge in [0.2, 0.25) is 5.82 Å². The van der Waals surface area contributed by atoms with Gasteiger partial charge < -0.3 is 5.11 Å². The first kappa shape index (κ1) is 12.0. The van der Waals surface area contributed by atoms with Crippen LogP contribution in [0.15, 0.2) is 18.5 Å². The lowest BCUT2D eigenvalue weighted by molar-refractivity contribution is -0.144. The van der Waals surface area contributed by atoms with E-state index in [0.717, 1.165) is 12.4 Å². The summed E-state index contributed by atoms with van der Waals surface area (Å²) in [6.45, 7) is 0. The largest absolute Gasteiger partial charge is 0.477 e. The number of aromatic nitrogens is 4. The summed E-state index contributed by atoms with van der Waals surface area (Å²) < 4.78 is 36.6.